The lowest BCUT2D eigenvalue weighted by Crippen LogP contribution is -2.31. The number of rotatable bonds is 3. The van der Waals surface area contributed by atoms with Crippen molar-refractivity contribution in [1.82, 2.24) is 29.9 Å². The summed E-state index contributed by atoms with van der Waals surface area (Å²) in [6.45, 7) is 0. The summed E-state index contributed by atoms with van der Waals surface area (Å²) >= 11 is 0. The monoisotopic (exact) mass is 448 g/mol. The molecule has 0 aliphatic heterocycles. The fourth-order valence-corrected chi connectivity index (χ4v) is 3.34. The molecule has 1 aliphatic carbocycles. The van der Waals surface area contributed by atoms with Gasteiger partial charge >= 0.3 is 18.4 Å². The van der Waals surface area contributed by atoms with Crippen molar-refractivity contribution in [1.29, 1.82) is 0 Å². The zero-order valence-corrected chi connectivity index (χ0v) is 15.8. The Kier molecular flexibility index (Phi) is 4.81. The number of hydrogen-bond acceptors (Lipinski definition) is 5. The van der Waals surface area contributed by atoms with E-state index in [1.165, 1.54) is 13.2 Å². The second kappa shape index (κ2) is 7.13. The first kappa shape index (κ1) is 20.9. The van der Waals surface area contributed by atoms with Crippen molar-refractivity contribution in [3.63, 3.8) is 0 Å². The molecule has 0 saturated heterocycles. The normalized spacial score (nSPS) is 16.9. The molecule has 31 heavy (non-hydrogen) atoms. The molecule has 4 rings (SSSR count). The highest BCUT2D eigenvalue weighted by molar-refractivity contribution is 5.93. The molecule has 166 valence electrons. The molecule has 0 spiro atoms. The van der Waals surface area contributed by atoms with Crippen LogP contribution >= 0.6 is 0 Å². The minimum Gasteiger partial charge on any atom is -0.417 e. The smallest absolute Gasteiger partial charge is 0.417 e. The van der Waals surface area contributed by atoms with Crippen molar-refractivity contribution in [2.24, 2.45) is 7.05 Å². The highest BCUT2D eigenvalue weighted by Gasteiger charge is 2.37. The zero-order chi connectivity index (χ0) is 22.6. The number of oxazole rings is 1. The van der Waals surface area contributed by atoms with Gasteiger partial charge in [0, 0.05) is 24.9 Å². The molecule has 0 aromatic carbocycles. The van der Waals surface area contributed by atoms with Gasteiger partial charge in [-0.05, 0) is 19.3 Å². The second-order valence-corrected chi connectivity index (χ2v) is 6.94. The van der Waals surface area contributed by atoms with Crippen molar-refractivity contribution < 1.29 is 35.6 Å². The van der Waals surface area contributed by atoms with Gasteiger partial charge in [0.2, 0.25) is 5.76 Å². The van der Waals surface area contributed by atoms with Gasteiger partial charge in [0.1, 0.15) is 5.69 Å². The number of halogens is 6. The Hall–Kier alpha value is -3.32. The Morgan fingerprint density at radius 3 is 2.55 bits per heavy atom. The third-order valence-electron chi connectivity index (χ3n) is 4.78. The summed E-state index contributed by atoms with van der Waals surface area (Å²) in [7, 11) is 1.22. The number of carbonyl (C=O) groups excluding carboxylic acids is 1. The molecule has 3 aromatic rings. The number of amides is 1. The molecule has 14 heteroatoms. The molecular weight excluding hydrogens is 434 g/mol. The fourth-order valence-electron chi connectivity index (χ4n) is 3.34. The number of carbonyl (C=O) groups is 1. The van der Waals surface area contributed by atoms with Gasteiger partial charge < -0.3 is 9.73 Å². The first-order valence-electron chi connectivity index (χ1n) is 8.97. The van der Waals surface area contributed by atoms with E-state index in [0.29, 0.717) is 42.8 Å². The van der Waals surface area contributed by atoms with Crippen LogP contribution in [0.1, 0.15) is 52.1 Å². The molecule has 8 nitrogen and oxygen atoms in total. The van der Waals surface area contributed by atoms with Gasteiger partial charge in [-0.3, -0.25) is 9.48 Å². The maximum Gasteiger partial charge on any atom is 0.451 e. The third kappa shape index (κ3) is 4.01. The molecule has 3 heterocycles. The van der Waals surface area contributed by atoms with Crippen molar-refractivity contribution in [2.75, 3.05) is 0 Å². The number of nitrogens with one attached hydrogen (secondary N) is 1. The largest absolute Gasteiger partial charge is 0.451 e. The van der Waals surface area contributed by atoms with Crippen molar-refractivity contribution in [3.8, 4) is 6.01 Å². The van der Waals surface area contributed by atoms with Crippen molar-refractivity contribution in [3.05, 3.63) is 46.9 Å². The molecule has 1 amide bonds. The molecule has 0 saturated carbocycles. The van der Waals surface area contributed by atoms with Crippen LogP contribution in [0.15, 0.2) is 22.9 Å². The second-order valence-electron chi connectivity index (χ2n) is 6.94. The quantitative estimate of drug-likeness (QED) is 0.620. The lowest BCUT2D eigenvalue weighted by Gasteiger charge is -2.22. The van der Waals surface area contributed by atoms with Gasteiger partial charge in [0.25, 0.3) is 5.91 Å². The topological polar surface area (TPSA) is 90.8 Å². The molecule has 3 aromatic heterocycles. The third-order valence-corrected chi connectivity index (χ3v) is 4.78. The van der Waals surface area contributed by atoms with E-state index in [9.17, 15) is 31.1 Å². The van der Waals surface area contributed by atoms with E-state index in [1.54, 1.807) is 0 Å². The first-order chi connectivity index (χ1) is 14.4. The summed E-state index contributed by atoms with van der Waals surface area (Å²) in [6, 6.07) is -0.354. The number of hydrogen-bond donors (Lipinski definition) is 1. The number of aromatic nitrogens is 5. The van der Waals surface area contributed by atoms with Crippen LogP contribution in [-0.2, 0) is 25.8 Å². The molecule has 1 atom stereocenters. The Balaban J connectivity index is 1.57. The maximum absolute atomic E-state index is 12.8. The predicted molar refractivity (Wildman–Crippen MR) is 90.0 cm³/mol. The summed E-state index contributed by atoms with van der Waals surface area (Å²) < 4.78 is 83.3. The molecule has 0 radical (unpaired) electrons. The van der Waals surface area contributed by atoms with Gasteiger partial charge in [0.05, 0.1) is 17.9 Å². The summed E-state index contributed by atoms with van der Waals surface area (Å²) in [4.78, 5) is 16.1. The van der Waals surface area contributed by atoms with Crippen LogP contribution in [0.2, 0.25) is 0 Å². The lowest BCUT2D eigenvalue weighted by molar-refractivity contribution is -0.153. The van der Waals surface area contributed by atoms with E-state index >= 15 is 0 Å². The Bertz CT molecular complexity index is 1130. The molecule has 1 N–H and O–H groups in total. The first-order valence-corrected chi connectivity index (χ1v) is 8.97. The molecule has 0 fully saturated rings. The Morgan fingerprint density at radius 1 is 1.19 bits per heavy atom. The molecule has 1 aliphatic rings. The number of aryl methyl sites for hydroxylation is 2. The number of alkyl halides is 6. The predicted octanol–water partition coefficient (Wildman–Crippen LogP) is 3.44. The van der Waals surface area contributed by atoms with E-state index in [0.717, 1.165) is 9.36 Å². The van der Waals surface area contributed by atoms with Crippen molar-refractivity contribution in [2.45, 2.75) is 37.7 Å². The van der Waals surface area contributed by atoms with Crippen LogP contribution in [0.3, 0.4) is 0 Å². The minimum absolute atomic E-state index is 0.283. The lowest BCUT2D eigenvalue weighted by atomic mass is 9.93. The van der Waals surface area contributed by atoms with Crippen LogP contribution in [0.5, 0.6) is 0 Å². The fraction of sp³-hybridized carbons (Fsp3) is 0.412. The molecule has 0 bridgehead atoms. The highest BCUT2D eigenvalue weighted by Crippen LogP contribution is 2.33. The summed E-state index contributed by atoms with van der Waals surface area (Å²) in [5.41, 5.74) is -0.440. The molecule has 0 unspecified atom stereocenters. The van der Waals surface area contributed by atoms with Crippen LogP contribution in [0.25, 0.3) is 6.01 Å². The number of nitrogens with zero attached hydrogens (tertiary/aromatic N) is 5. The van der Waals surface area contributed by atoms with Gasteiger partial charge in [0.15, 0.2) is 5.69 Å². The SMILES string of the molecule is Cn1nc(C(F)(F)F)cc1C(=O)N[C@@H]1CCCc2nn(-c3ncc(C(F)(F)F)o3)cc21. The van der Waals surface area contributed by atoms with Gasteiger partial charge in [-0.15, -0.1) is 0 Å². The standard InChI is InChI=1S/C17H14F6N6O2/c1-28-11(5-12(27-28)16(18,19)20)14(30)25-9-3-2-4-10-8(9)7-29(26-10)15-24-6-13(31-15)17(21,22)23/h5-7,9H,2-4H2,1H3,(H,25,30)/t9-/m1/s1. The van der Waals surface area contributed by atoms with Crippen LogP contribution < -0.4 is 5.32 Å². The van der Waals surface area contributed by atoms with Gasteiger partial charge in [-0.1, -0.05) is 0 Å². The Morgan fingerprint density at radius 2 is 1.94 bits per heavy atom. The minimum atomic E-state index is -4.70. The summed E-state index contributed by atoms with van der Waals surface area (Å²) in [5, 5.41) is 10.1. The van der Waals surface area contributed by atoms with Gasteiger partial charge in [-0.2, -0.15) is 46.2 Å². The molecular formula is C17H14F6N6O2. The average molecular weight is 448 g/mol. The van der Waals surface area contributed by atoms with E-state index in [1.807, 2.05) is 0 Å². The Labute approximate surface area is 169 Å². The van der Waals surface area contributed by atoms with E-state index < -0.39 is 41.8 Å². The van der Waals surface area contributed by atoms with Crippen molar-refractivity contribution >= 4 is 5.91 Å². The number of fused-ring (bicyclic) bond motifs is 1. The van der Waals surface area contributed by atoms with Crippen LogP contribution in [-0.4, -0.2) is 30.5 Å². The highest BCUT2D eigenvalue weighted by atomic mass is 19.4. The van der Waals surface area contributed by atoms with Gasteiger partial charge in [-0.25, -0.2) is 0 Å². The summed E-state index contributed by atoms with van der Waals surface area (Å²) in [6.07, 6.45) is -5.90. The zero-order valence-electron chi connectivity index (χ0n) is 15.8. The van der Waals surface area contributed by atoms with Crippen LogP contribution in [0.4, 0.5) is 26.3 Å². The average Bonchev–Trinajstić information content (AvgIpc) is 3.38. The maximum atomic E-state index is 12.8. The van der Waals surface area contributed by atoms with E-state index in [4.69, 9.17) is 4.42 Å². The van der Waals surface area contributed by atoms with Crippen LogP contribution in [0, 0.1) is 0 Å². The van der Waals surface area contributed by atoms with E-state index in [2.05, 4.69) is 20.5 Å². The summed E-state index contributed by atoms with van der Waals surface area (Å²) in [5.74, 6) is -2.05. The van der Waals surface area contributed by atoms with E-state index in [-0.39, 0.29) is 5.69 Å².